The number of aliphatic imine (C=N–C) groups is 1. The van der Waals surface area contributed by atoms with Crippen molar-refractivity contribution in [3.8, 4) is 0 Å². The maximum absolute atomic E-state index is 6.45. The molecule has 3 atom stereocenters. The van der Waals surface area contributed by atoms with Crippen LogP contribution in [0.4, 0.5) is 0 Å². The zero-order chi connectivity index (χ0) is 14.2. The van der Waals surface area contributed by atoms with Crippen LogP contribution in [0.2, 0.25) is 0 Å². The molecule has 0 spiro atoms. The highest BCUT2D eigenvalue weighted by Crippen LogP contribution is 2.38. The van der Waals surface area contributed by atoms with E-state index in [2.05, 4.69) is 55.2 Å². The molecule has 1 fully saturated rings. The summed E-state index contributed by atoms with van der Waals surface area (Å²) in [4.78, 5) is 7.64. The van der Waals surface area contributed by atoms with E-state index in [1.54, 1.807) is 0 Å². The number of rotatable bonds is 2. The first-order valence-corrected chi connectivity index (χ1v) is 8.73. The Kier molecular flexibility index (Phi) is 4.90. The van der Waals surface area contributed by atoms with Crippen LogP contribution in [0.1, 0.15) is 59.8 Å². The summed E-state index contributed by atoms with van der Waals surface area (Å²) in [5.74, 6) is 1.82. The van der Waals surface area contributed by atoms with Crippen LogP contribution < -0.4 is 0 Å². The minimum Gasteiger partial charge on any atom is -0.353 e. The molecular weight excluding hydrogens is 346 g/mol. The zero-order valence-corrected chi connectivity index (χ0v) is 14.9. The van der Waals surface area contributed by atoms with E-state index in [9.17, 15) is 0 Å². The minimum absolute atomic E-state index is 0.0698. The summed E-state index contributed by atoms with van der Waals surface area (Å²) in [7, 11) is 6.45. The standard InChI is InChI=1S/C15H26BIN2/c1-10(2)14-18-12-9-15(16,17)8-6-5-7-13(12)19(14)11(3)4/h10-13H,5-9H2,1-4H3. The van der Waals surface area contributed by atoms with Gasteiger partial charge in [0.05, 0.1) is 19.9 Å². The van der Waals surface area contributed by atoms with Crippen molar-refractivity contribution in [3.63, 3.8) is 0 Å². The maximum atomic E-state index is 6.45. The van der Waals surface area contributed by atoms with E-state index in [-0.39, 0.29) is 3.32 Å². The molecule has 4 heteroatoms. The number of fused-ring (bicyclic) bond motifs is 1. The van der Waals surface area contributed by atoms with E-state index in [0.29, 0.717) is 24.0 Å². The number of halogens is 1. The highest BCUT2D eigenvalue weighted by molar-refractivity contribution is 14.1. The molecule has 2 aliphatic rings. The molecule has 106 valence electrons. The van der Waals surface area contributed by atoms with Crippen molar-refractivity contribution in [2.45, 2.75) is 81.2 Å². The van der Waals surface area contributed by atoms with E-state index < -0.39 is 0 Å². The van der Waals surface area contributed by atoms with Gasteiger partial charge in [0.25, 0.3) is 0 Å². The minimum atomic E-state index is -0.0698. The molecule has 2 radical (unpaired) electrons. The van der Waals surface area contributed by atoms with Gasteiger partial charge in [-0.3, -0.25) is 4.99 Å². The molecule has 3 unspecified atom stereocenters. The van der Waals surface area contributed by atoms with Crippen molar-refractivity contribution in [2.75, 3.05) is 0 Å². The van der Waals surface area contributed by atoms with Gasteiger partial charge in [-0.25, -0.2) is 0 Å². The highest BCUT2D eigenvalue weighted by atomic mass is 127. The Morgan fingerprint density at radius 2 is 2.00 bits per heavy atom. The second-order valence-corrected chi connectivity index (χ2v) is 8.91. The van der Waals surface area contributed by atoms with Crippen molar-refractivity contribution >= 4 is 36.3 Å². The molecule has 0 saturated heterocycles. The van der Waals surface area contributed by atoms with Gasteiger partial charge in [0.15, 0.2) is 0 Å². The Hall–Kier alpha value is 0.265. The molecule has 1 aliphatic carbocycles. The lowest BCUT2D eigenvalue weighted by molar-refractivity contribution is 0.220. The summed E-state index contributed by atoms with van der Waals surface area (Å²) >= 11 is 2.45. The number of nitrogens with zero attached hydrogens (tertiary/aromatic N) is 2. The van der Waals surface area contributed by atoms with Gasteiger partial charge in [-0.1, -0.05) is 49.3 Å². The maximum Gasteiger partial charge on any atom is 0.102 e. The molecule has 2 rings (SSSR count). The van der Waals surface area contributed by atoms with Gasteiger partial charge in [-0.15, -0.1) is 0 Å². The molecule has 2 nitrogen and oxygen atoms in total. The first-order valence-electron chi connectivity index (χ1n) is 7.65. The topological polar surface area (TPSA) is 15.6 Å². The van der Waals surface area contributed by atoms with E-state index in [1.807, 2.05) is 0 Å². The Morgan fingerprint density at radius 3 is 2.58 bits per heavy atom. The Labute approximate surface area is 133 Å². The molecule has 0 amide bonds. The lowest BCUT2D eigenvalue weighted by atomic mass is 9.74. The van der Waals surface area contributed by atoms with Crippen molar-refractivity contribution in [2.24, 2.45) is 10.9 Å². The number of hydrogen-bond donors (Lipinski definition) is 0. The van der Waals surface area contributed by atoms with Crippen LogP contribution in [0.15, 0.2) is 4.99 Å². The van der Waals surface area contributed by atoms with Crippen molar-refractivity contribution in [1.29, 1.82) is 0 Å². The third kappa shape index (κ3) is 3.48. The summed E-state index contributed by atoms with van der Waals surface area (Å²) in [6.45, 7) is 9.09. The third-order valence-corrected chi connectivity index (χ3v) is 5.31. The molecule has 1 heterocycles. The fourth-order valence-corrected chi connectivity index (χ4v) is 4.34. The predicted molar refractivity (Wildman–Crippen MR) is 92.4 cm³/mol. The van der Waals surface area contributed by atoms with Crippen LogP contribution in [-0.2, 0) is 0 Å². The average molecular weight is 372 g/mol. The second kappa shape index (κ2) is 5.94. The third-order valence-electron chi connectivity index (χ3n) is 4.33. The van der Waals surface area contributed by atoms with E-state index >= 15 is 0 Å². The number of amidine groups is 1. The molecule has 1 saturated carbocycles. The van der Waals surface area contributed by atoms with Gasteiger partial charge in [0.1, 0.15) is 5.84 Å². The molecule has 0 aromatic rings. The van der Waals surface area contributed by atoms with Gasteiger partial charge in [-0.05, 0) is 36.4 Å². The van der Waals surface area contributed by atoms with Crippen LogP contribution in [0.25, 0.3) is 0 Å². The molecule has 0 aromatic heterocycles. The van der Waals surface area contributed by atoms with Gasteiger partial charge >= 0.3 is 0 Å². The normalized spacial score (nSPS) is 36.2. The summed E-state index contributed by atoms with van der Waals surface area (Å²) in [5, 5.41) is 0. The zero-order valence-electron chi connectivity index (χ0n) is 12.7. The average Bonchev–Trinajstić information content (AvgIpc) is 2.60. The van der Waals surface area contributed by atoms with Gasteiger partial charge < -0.3 is 4.90 Å². The molecule has 1 aliphatic heterocycles. The second-order valence-electron chi connectivity index (χ2n) is 6.76. The Bertz CT molecular complexity index is 352. The van der Waals surface area contributed by atoms with Crippen LogP contribution in [-0.4, -0.2) is 40.0 Å². The van der Waals surface area contributed by atoms with E-state index in [0.717, 1.165) is 12.8 Å². The molecule has 0 bridgehead atoms. The fourth-order valence-electron chi connectivity index (χ4n) is 3.51. The molecule has 0 N–H and O–H groups in total. The monoisotopic (exact) mass is 372 g/mol. The summed E-state index contributed by atoms with van der Waals surface area (Å²) in [6, 6.07) is 1.52. The quantitative estimate of drug-likeness (QED) is 0.410. The SMILES string of the molecule is [B]C1(I)CCCCC2C(C1)N=C(C(C)C)N2C(C)C. The predicted octanol–water partition coefficient (Wildman–Crippen LogP) is 3.77. The fraction of sp³-hybridized carbons (Fsp3) is 0.933. The van der Waals surface area contributed by atoms with Gasteiger partial charge in [-0.2, -0.15) is 0 Å². The van der Waals surface area contributed by atoms with Gasteiger partial charge in [0.2, 0.25) is 0 Å². The smallest absolute Gasteiger partial charge is 0.102 e. The Balaban J connectivity index is 2.26. The lowest BCUT2D eigenvalue weighted by Gasteiger charge is -2.38. The summed E-state index contributed by atoms with van der Waals surface area (Å²) < 4.78 is -0.0698. The van der Waals surface area contributed by atoms with Gasteiger partial charge in [0, 0.05) is 12.0 Å². The Morgan fingerprint density at radius 1 is 1.32 bits per heavy atom. The van der Waals surface area contributed by atoms with E-state index in [1.165, 1.54) is 25.1 Å². The molecule has 19 heavy (non-hydrogen) atoms. The molecular formula is C15H26BIN2. The largest absolute Gasteiger partial charge is 0.353 e. The van der Waals surface area contributed by atoms with E-state index in [4.69, 9.17) is 12.8 Å². The molecule has 0 aromatic carbocycles. The van der Waals surface area contributed by atoms with Crippen molar-refractivity contribution in [1.82, 2.24) is 4.90 Å². The van der Waals surface area contributed by atoms with Crippen LogP contribution in [0.3, 0.4) is 0 Å². The van der Waals surface area contributed by atoms with Crippen molar-refractivity contribution < 1.29 is 0 Å². The van der Waals surface area contributed by atoms with Crippen molar-refractivity contribution in [3.05, 3.63) is 0 Å². The first-order chi connectivity index (χ1) is 8.82. The van der Waals surface area contributed by atoms with Crippen LogP contribution in [0, 0.1) is 5.92 Å². The highest BCUT2D eigenvalue weighted by Gasteiger charge is 2.41. The van der Waals surface area contributed by atoms with Crippen LogP contribution >= 0.6 is 22.6 Å². The first kappa shape index (κ1) is 15.6. The van der Waals surface area contributed by atoms with Crippen LogP contribution in [0.5, 0.6) is 0 Å². The summed E-state index contributed by atoms with van der Waals surface area (Å²) in [5.41, 5.74) is 0. The lowest BCUT2D eigenvalue weighted by Crippen LogP contribution is -2.47. The number of alkyl halides is 1. The number of hydrogen-bond acceptors (Lipinski definition) is 2. The summed E-state index contributed by atoms with van der Waals surface area (Å²) in [6.07, 6.45) is 5.97.